The van der Waals surface area contributed by atoms with Gasteiger partial charge in [0.15, 0.2) is 0 Å². The van der Waals surface area contributed by atoms with Gasteiger partial charge in [0, 0.05) is 19.0 Å². The van der Waals surface area contributed by atoms with Crippen LogP contribution in [0, 0.1) is 5.92 Å². The van der Waals surface area contributed by atoms with Crippen LogP contribution in [-0.2, 0) is 11.3 Å². The van der Waals surface area contributed by atoms with E-state index in [1.807, 2.05) is 35.2 Å². The molecule has 6 nitrogen and oxygen atoms in total. The normalized spacial score (nSPS) is 15.5. The Labute approximate surface area is 144 Å². The third-order valence-corrected chi connectivity index (χ3v) is 4.73. The SMILES string of the molecule is NC(=O)C1CCN(c2cnn(Cc3ccccc3)c(=O)c2Cl)CC1. The van der Waals surface area contributed by atoms with E-state index in [-0.39, 0.29) is 22.4 Å². The van der Waals surface area contributed by atoms with Crippen LogP contribution in [0.1, 0.15) is 18.4 Å². The van der Waals surface area contributed by atoms with Crippen LogP contribution < -0.4 is 16.2 Å². The number of carbonyl (C=O) groups excluding carboxylic acids is 1. The number of aromatic nitrogens is 2. The van der Waals surface area contributed by atoms with Crippen molar-refractivity contribution in [1.82, 2.24) is 9.78 Å². The van der Waals surface area contributed by atoms with Gasteiger partial charge in [-0.15, -0.1) is 0 Å². The van der Waals surface area contributed by atoms with Gasteiger partial charge in [0.1, 0.15) is 5.02 Å². The molecule has 1 aromatic carbocycles. The second-order valence-corrected chi connectivity index (χ2v) is 6.33. The summed E-state index contributed by atoms with van der Waals surface area (Å²) in [4.78, 5) is 25.7. The van der Waals surface area contributed by atoms with E-state index in [0.29, 0.717) is 38.2 Å². The first-order valence-corrected chi connectivity index (χ1v) is 8.28. The first-order valence-electron chi connectivity index (χ1n) is 7.90. The van der Waals surface area contributed by atoms with Crippen molar-refractivity contribution in [1.29, 1.82) is 0 Å². The van der Waals surface area contributed by atoms with Crippen molar-refractivity contribution in [3.8, 4) is 0 Å². The van der Waals surface area contributed by atoms with Crippen molar-refractivity contribution in [2.45, 2.75) is 19.4 Å². The zero-order valence-corrected chi connectivity index (χ0v) is 13.9. The predicted molar refractivity (Wildman–Crippen MR) is 93.2 cm³/mol. The molecule has 0 spiro atoms. The number of anilines is 1. The van der Waals surface area contributed by atoms with Gasteiger partial charge < -0.3 is 10.6 Å². The Bertz CT molecular complexity index is 783. The highest BCUT2D eigenvalue weighted by Gasteiger charge is 2.25. The molecule has 1 aliphatic heterocycles. The molecular formula is C17H19ClN4O2. The molecule has 0 atom stereocenters. The van der Waals surface area contributed by atoms with E-state index in [4.69, 9.17) is 17.3 Å². The second-order valence-electron chi connectivity index (χ2n) is 5.96. The highest BCUT2D eigenvalue weighted by atomic mass is 35.5. The third-order valence-electron chi connectivity index (χ3n) is 4.38. The smallest absolute Gasteiger partial charge is 0.287 e. The van der Waals surface area contributed by atoms with Gasteiger partial charge in [-0.2, -0.15) is 5.10 Å². The lowest BCUT2D eigenvalue weighted by Gasteiger charge is -2.32. The number of primary amides is 1. The zero-order valence-electron chi connectivity index (χ0n) is 13.2. The fraction of sp³-hybridized carbons (Fsp3) is 0.353. The highest BCUT2D eigenvalue weighted by Crippen LogP contribution is 2.26. The van der Waals surface area contributed by atoms with Gasteiger partial charge in [0.05, 0.1) is 18.4 Å². The third kappa shape index (κ3) is 3.43. The van der Waals surface area contributed by atoms with Gasteiger partial charge in [-0.25, -0.2) is 4.68 Å². The number of piperidine rings is 1. The van der Waals surface area contributed by atoms with Gasteiger partial charge in [0.25, 0.3) is 5.56 Å². The van der Waals surface area contributed by atoms with Crippen LogP contribution in [0.25, 0.3) is 0 Å². The number of rotatable bonds is 4. The van der Waals surface area contributed by atoms with E-state index < -0.39 is 0 Å². The van der Waals surface area contributed by atoms with Gasteiger partial charge >= 0.3 is 0 Å². The molecule has 2 heterocycles. The van der Waals surface area contributed by atoms with Crippen LogP contribution in [0.4, 0.5) is 5.69 Å². The minimum Gasteiger partial charge on any atom is -0.369 e. The molecule has 1 aromatic heterocycles. The molecular weight excluding hydrogens is 328 g/mol. The maximum absolute atomic E-state index is 12.5. The quantitative estimate of drug-likeness (QED) is 0.912. The van der Waals surface area contributed by atoms with E-state index in [2.05, 4.69) is 5.10 Å². The molecule has 0 saturated carbocycles. The molecule has 1 saturated heterocycles. The Morgan fingerprint density at radius 3 is 2.54 bits per heavy atom. The summed E-state index contributed by atoms with van der Waals surface area (Å²) in [6.45, 7) is 1.65. The average molecular weight is 347 g/mol. The van der Waals surface area contributed by atoms with Crippen molar-refractivity contribution in [3.05, 3.63) is 57.5 Å². The molecule has 1 fully saturated rings. The number of halogens is 1. The fourth-order valence-corrected chi connectivity index (χ4v) is 3.22. The van der Waals surface area contributed by atoms with Crippen LogP contribution >= 0.6 is 11.6 Å². The monoisotopic (exact) mass is 346 g/mol. The summed E-state index contributed by atoms with van der Waals surface area (Å²) in [5, 5.41) is 4.42. The number of hydrogen-bond donors (Lipinski definition) is 1. The summed E-state index contributed by atoms with van der Waals surface area (Å²) in [7, 11) is 0. The number of amides is 1. The summed E-state index contributed by atoms with van der Waals surface area (Å²) in [6.07, 6.45) is 2.95. The Balaban J connectivity index is 1.78. The largest absolute Gasteiger partial charge is 0.369 e. The molecule has 0 bridgehead atoms. The average Bonchev–Trinajstić information content (AvgIpc) is 2.60. The first kappa shape index (κ1) is 16.5. The van der Waals surface area contributed by atoms with Gasteiger partial charge in [-0.1, -0.05) is 41.9 Å². The Morgan fingerprint density at radius 2 is 1.92 bits per heavy atom. The number of nitrogens with zero attached hydrogens (tertiary/aromatic N) is 3. The lowest BCUT2D eigenvalue weighted by Crippen LogP contribution is -2.39. The van der Waals surface area contributed by atoms with E-state index >= 15 is 0 Å². The summed E-state index contributed by atoms with van der Waals surface area (Å²) in [5.41, 5.74) is 6.64. The van der Waals surface area contributed by atoms with E-state index in [9.17, 15) is 9.59 Å². The van der Waals surface area contributed by atoms with Crippen LogP contribution in [0.2, 0.25) is 5.02 Å². The number of benzene rings is 1. The predicted octanol–water partition coefficient (Wildman–Crippen LogP) is 1.65. The maximum atomic E-state index is 12.5. The molecule has 1 amide bonds. The van der Waals surface area contributed by atoms with E-state index in [1.54, 1.807) is 6.20 Å². The van der Waals surface area contributed by atoms with Gasteiger partial charge in [-0.3, -0.25) is 9.59 Å². The molecule has 0 unspecified atom stereocenters. The molecule has 24 heavy (non-hydrogen) atoms. The van der Waals surface area contributed by atoms with Crippen LogP contribution in [0.15, 0.2) is 41.3 Å². The number of nitrogens with two attached hydrogens (primary N) is 1. The van der Waals surface area contributed by atoms with E-state index in [1.165, 1.54) is 4.68 Å². The van der Waals surface area contributed by atoms with Crippen molar-refractivity contribution in [2.75, 3.05) is 18.0 Å². The lowest BCUT2D eigenvalue weighted by atomic mass is 9.96. The number of hydrogen-bond acceptors (Lipinski definition) is 4. The minimum absolute atomic E-state index is 0.105. The van der Waals surface area contributed by atoms with Gasteiger partial charge in [-0.05, 0) is 18.4 Å². The summed E-state index contributed by atoms with van der Waals surface area (Å²) < 4.78 is 1.36. The zero-order chi connectivity index (χ0) is 17.1. The van der Waals surface area contributed by atoms with Crippen molar-refractivity contribution in [2.24, 2.45) is 11.7 Å². The summed E-state index contributed by atoms with van der Waals surface area (Å²) in [5.74, 6) is -0.372. The van der Waals surface area contributed by atoms with Gasteiger partial charge in [0.2, 0.25) is 5.91 Å². The Kier molecular flexibility index (Phi) is 4.85. The topological polar surface area (TPSA) is 81.2 Å². The maximum Gasteiger partial charge on any atom is 0.287 e. The second kappa shape index (κ2) is 7.05. The minimum atomic E-state index is -0.310. The molecule has 1 aliphatic rings. The molecule has 7 heteroatoms. The molecule has 3 rings (SSSR count). The first-order chi connectivity index (χ1) is 11.6. The van der Waals surface area contributed by atoms with Crippen LogP contribution in [0.5, 0.6) is 0 Å². The lowest BCUT2D eigenvalue weighted by molar-refractivity contribution is -0.122. The van der Waals surface area contributed by atoms with Crippen molar-refractivity contribution in [3.63, 3.8) is 0 Å². The Hall–Kier alpha value is -2.34. The fourth-order valence-electron chi connectivity index (χ4n) is 2.95. The molecule has 2 aromatic rings. The summed E-state index contributed by atoms with van der Waals surface area (Å²) in [6, 6.07) is 9.62. The van der Waals surface area contributed by atoms with Crippen molar-refractivity contribution < 1.29 is 4.79 Å². The number of carbonyl (C=O) groups is 1. The van der Waals surface area contributed by atoms with Crippen molar-refractivity contribution >= 4 is 23.2 Å². The summed E-state index contributed by atoms with van der Waals surface area (Å²) >= 11 is 6.29. The molecule has 0 radical (unpaired) electrons. The standard InChI is InChI=1S/C17H19ClN4O2/c18-15-14(21-8-6-13(7-9-21)16(19)23)10-20-22(17(15)24)11-12-4-2-1-3-5-12/h1-5,10,13H,6-9,11H2,(H2,19,23). The molecule has 0 aliphatic carbocycles. The van der Waals surface area contributed by atoms with Crippen LogP contribution in [0.3, 0.4) is 0 Å². The highest BCUT2D eigenvalue weighted by molar-refractivity contribution is 6.33. The van der Waals surface area contributed by atoms with E-state index in [0.717, 1.165) is 5.56 Å². The molecule has 126 valence electrons. The Morgan fingerprint density at radius 1 is 1.25 bits per heavy atom. The molecule has 2 N–H and O–H groups in total. The van der Waals surface area contributed by atoms with Crippen LogP contribution in [-0.4, -0.2) is 28.8 Å².